The molecular weight excluding hydrogens is 124 g/mol. The average molecular weight is 138 g/mol. The monoisotopic (exact) mass is 138 g/mol. The van der Waals surface area contributed by atoms with Gasteiger partial charge in [-0.25, -0.2) is 5.43 Å². The van der Waals surface area contributed by atoms with E-state index < -0.39 is 0 Å². The molecule has 0 saturated heterocycles. The highest BCUT2D eigenvalue weighted by atomic mass is 15.3. The Bertz CT molecular complexity index is 213. The molecule has 10 heavy (non-hydrogen) atoms. The maximum Gasteiger partial charge on any atom is 0.0516 e. The lowest BCUT2D eigenvalue weighted by atomic mass is 10.2. The Morgan fingerprint density at radius 2 is 2.00 bits per heavy atom. The van der Waals surface area contributed by atoms with E-state index in [0.29, 0.717) is 0 Å². The molecule has 0 aromatic heterocycles. The quantitative estimate of drug-likeness (QED) is 0.609. The number of hydrogen-bond donors (Lipinski definition) is 2. The fourth-order valence-electron chi connectivity index (χ4n) is 0.848. The highest BCUT2D eigenvalue weighted by molar-refractivity contribution is 5.49. The van der Waals surface area contributed by atoms with E-state index in [9.17, 15) is 0 Å². The molecule has 0 aliphatic carbocycles. The smallest absolute Gasteiger partial charge is 0.0516 e. The lowest BCUT2D eigenvalue weighted by Gasteiger charge is -2.05. The van der Waals surface area contributed by atoms with Crippen LogP contribution in [0.25, 0.3) is 0 Å². The van der Waals surface area contributed by atoms with Crippen molar-refractivity contribution in [1.82, 2.24) is 5.43 Å². The van der Waals surface area contributed by atoms with Crippen molar-refractivity contribution in [2.75, 3.05) is 12.5 Å². The number of nitrogens with one attached hydrogen (secondary N) is 2. The average Bonchev–Trinajstić information content (AvgIpc) is 1.94. The lowest BCUT2D eigenvalue weighted by Crippen LogP contribution is -2.15. The minimum atomic E-state index is 0. The maximum atomic E-state index is 3.03. The molecule has 1 aromatic rings. The molecular formula is C8H14N2. The summed E-state index contributed by atoms with van der Waals surface area (Å²) in [6, 6.07) is 8.13. The minimum absolute atomic E-state index is 0. The maximum absolute atomic E-state index is 3.03. The van der Waals surface area contributed by atoms with Crippen molar-refractivity contribution in [2.24, 2.45) is 0 Å². The standard InChI is InChI=1S/C8H12N2.H2/c1-7-5-3-4-6-8(7)10-9-2;/h3-6,9-10H,1-2H3;1H. The second-order valence-electron chi connectivity index (χ2n) is 2.19. The van der Waals surface area contributed by atoms with E-state index in [1.165, 1.54) is 5.56 Å². The Hall–Kier alpha value is -1.02. The van der Waals surface area contributed by atoms with E-state index in [-0.39, 0.29) is 1.43 Å². The summed E-state index contributed by atoms with van der Waals surface area (Å²) in [5.74, 6) is 0. The van der Waals surface area contributed by atoms with Crippen LogP contribution >= 0.6 is 0 Å². The lowest BCUT2D eigenvalue weighted by molar-refractivity contribution is 0.980. The molecule has 1 rings (SSSR count). The summed E-state index contributed by atoms with van der Waals surface area (Å²) in [5.41, 5.74) is 8.28. The first kappa shape index (κ1) is 7.09. The number of hydrazine groups is 1. The van der Waals surface area contributed by atoms with Gasteiger partial charge >= 0.3 is 0 Å². The molecule has 2 nitrogen and oxygen atoms in total. The van der Waals surface area contributed by atoms with Gasteiger partial charge in [0.2, 0.25) is 0 Å². The van der Waals surface area contributed by atoms with Crippen molar-refractivity contribution in [1.29, 1.82) is 0 Å². The predicted octanol–water partition coefficient (Wildman–Crippen LogP) is 1.79. The molecule has 0 aliphatic rings. The molecule has 0 spiro atoms. The summed E-state index contributed by atoms with van der Waals surface area (Å²) >= 11 is 0. The van der Waals surface area contributed by atoms with Gasteiger partial charge in [-0.2, -0.15) is 0 Å². The van der Waals surface area contributed by atoms with Crippen LogP contribution in [0.4, 0.5) is 5.69 Å². The van der Waals surface area contributed by atoms with Crippen LogP contribution < -0.4 is 10.9 Å². The molecule has 0 amide bonds. The number of rotatable bonds is 2. The van der Waals surface area contributed by atoms with Crippen LogP contribution in [0.5, 0.6) is 0 Å². The molecule has 0 bridgehead atoms. The molecule has 0 aliphatic heterocycles. The first-order valence-electron chi connectivity index (χ1n) is 3.33. The molecule has 2 N–H and O–H groups in total. The number of anilines is 1. The molecule has 0 atom stereocenters. The van der Waals surface area contributed by atoms with E-state index in [4.69, 9.17) is 0 Å². The van der Waals surface area contributed by atoms with Crippen molar-refractivity contribution < 1.29 is 1.43 Å². The molecule has 1 aromatic carbocycles. The third kappa shape index (κ3) is 1.48. The fraction of sp³-hybridized carbons (Fsp3) is 0.250. The zero-order valence-electron chi connectivity index (χ0n) is 6.31. The van der Waals surface area contributed by atoms with Gasteiger partial charge in [0.1, 0.15) is 0 Å². The number of benzene rings is 1. The summed E-state index contributed by atoms with van der Waals surface area (Å²) in [7, 11) is 1.85. The summed E-state index contributed by atoms with van der Waals surface area (Å²) in [4.78, 5) is 0. The second-order valence-corrected chi connectivity index (χ2v) is 2.19. The summed E-state index contributed by atoms with van der Waals surface area (Å²) < 4.78 is 0. The van der Waals surface area contributed by atoms with E-state index in [1.54, 1.807) is 0 Å². The third-order valence-corrected chi connectivity index (χ3v) is 1.40. The molecule has 0 unspecified atom stereocenters. The van der Waals surface area contributed by atoms with Crippen LogP contribution in [0.15, 0.2) is 24.3 Å². The highest BCUT2D eigenvalue weighted by Crippen LogP contribution is 2.10. The van der Waals surface area contributed by atoms with Gasteiger partial charge in [0.15, 0.2) is 0 Å². The zero-order valence-corrected chi connectivity index (χ0v) is 6.31. The Labute approximate surface area is 62.7 Å². The van der Waals surface area contributed by atoms with E-state index in [0.717, 1.165) is 5.69 Å². The van der Waals surface area contributed by atoms with E-state index in [1.807, 2.05) is 25.2 Å². The molecule has 0 heterocycles. The van der Waals surface area contributed by atoms with Crippen LogP contribution in [0.2, 0.25) is 0 Å². The topological polar surface area (TPSA) is 24.1 Å². The summed E-state index contributed by atoms with van der Waals surface area (Å²) in [5, 5.41) is 0. The largest absolute Gasteiger partial charge is 0.321 e. The van der Waals surface area contributed by atoms with E-state index >= 15 is 0 Å². The zero-order chi connectivity index (χ0) is 7.40. The van der Waals surface area contributed by atoms with Crippen molar-refractivity contribution in [2.45, 2.75) is 6.92 Å². The summed E-state index contributed by atoms with van der Waals surface area (Å²) in [6.07, 6.45) is 0. The van der Waals surface area contributed by atoms with Gasteiger partial charge in [0.05, 0.1) is 5.69 Å². The second kappa shape index (κ2) is 3.22. The first-order chi connectivity index (χ1) is 4.84. The third-order valence-electron chi connectivity index (χ3n) is 1.40. The molecule has 0 fully saturated rings. The SMILES string of the molecule is CNNc1ccccc1C.[HH]. The highest BCUT2D eigenvalue weighted by Gasteiger charge is 1.90. The van der Waals surface area contributed by atoms with Gasteiger partial charge in [0, 0.05) is 8.47 Å². The number of aryl methyl sites for hydroxylation is 1. The normalized spacial score (nSPS) is 9.40. The number of hydrogen-bond acceptors (Lipinski definition) is 2. The van der Waals surface area contributed by atoms with Crippen molar-refractivity contribution >= 4 is 5.69 Å². The van der Waals surface area contributed by atoms with Gasteiger partial charge in [-0.05, 0) is 18.6 Å². The Morgan fingerprint density at radius 1 is 1.30 bits per heavy atom. The van der Waals surface area contributed by atoms with Crippen LogP contribution in [-0.4, -0.2) is 7.05 Å². The van der Waals surface area contributed by atoms with Gasteiger partial charge in [-0.3, -0.25) is 0 Å². The van der Waals surface area contributed by atoms with Crippen LogP contribution in [0.3, 0.4) is 0 Å². The van der Waals surface area contributed by atoms with Gasteiger partial charge in [-0.1, -0.05) is 18.2 Å². The fourth-order valence-corrected chi connectivity index (χ4v) is 0.848. The molecule has 56 valence electrons. The Balaban J connectivity index is 0.000001000. The van der Waals surface area contributed by atoms with Crippen molar-refractivity contribution in [3.63, 3.8) is 0 Å². The van der Waals surface area contributed by atoms with Gasteiger partial charge < -0.3 is 5.43 Å². The van der Waals surface area contributed by atoms with Gasteiger partial charge in [-0.15, -0.1) is 0 Å². The molecule has 2 heteroatoms. The van der Waals surface area contributed by atoms with Crippen LogP contribution in [0.1, 0.15) is 6.99 Å². The Kier molecular flexibility index (Phi) is 2.29. The molecule has 0 saturated carbocycles. The Morgan fingerprint density at radius 3 is 2.60 bits per heavy atom. The summed E-state index contributed by atoms with van der Waals surface area (Å²) in [6.45, 7) is 2.07. The van der Waals surface area contributed by atoms with Gasteiger partial charge in [0.25, 0.3) is 0 Å². The van der Waals surface area contributed by atoms with Crippen molar-refractivity contribution in [3.05, 3.63) is 29.8 Å². The van der Waals surface area contributed by atoms with Crippen LogP contribution in [-0.2, 0) is 0 Å². The van der Waals surface area contributed by atoms with Crippen molar-refractivity contribution in [3.8, 4) is 0 Å². The van der Waals surface area contributed by atoms with Crippen LogP contribution in [0, 0.1) is 6.92 Å². The first-order valence-corrected chi connectivity index (χ1v) is 3.33. The number of para-hydroxylation sites is 1. The molecule has 0 radical (unpaired) electrons. The van der Waals surface area contributed by atoms with E-state index in [2.05, 4.69) is 23.8 Å². The minimum Gasteiger partial charge on any atom is -0.321 e. The predicted molar refractivity (Wildman–Crippen MR) is 46.0 cm³/mol.